The maximum Gasteiger partial charge on any atom is 0.223 e. The Hall–Kier alpha value is -2.29. The number of aryl methyl sites for hydroxylation is 1. The number of hydrogen-bond donors (Lipinski definition) is 0. The molecule has 3 nitrogen and oxygen atoms in total. The molecule has 1 amide bonds. The third-order valence-electron chi connectivity index (χ3n) is 5.91. The Bertz CT molecular complexity index is 777. The van der Waals surface area contributed by atoms with Crippen LogP contribution in [-0.4, -0.2) is 21.9 Å². The first-order valence-corrected chi connectivity index (χ1v) is 12.2. The Balaban J connectivity index is 1.78. The Morgan fingerprint density at radius 1 is 1.00 bits per heavy atom. The third-order valence-corrected chi connectivity index (χ3v) is 5.91. The summed E-state index contributed by atoms with van der Waals surface area (Å²) in [6.07, 6.45) is 16.0. The Morgan fingerprint density at radius 3 is 2.39 bits per heavy atom. The summed E-state index contributed by atoms with van der Waals surface area (Å²) < 4.78 is 2.25. The van der Waals surface area contributed by atoms with Crippen LogP contribution < -0.4 is 0 Å². The lowest BCUT2D eigenvalue weighted by Gasteiger charge is -2.22. The predicted octanol–water partition coefficient (Wildman–Crippen LogP) is 7.28. The molecule has 0 bridgehead atoms. The highest BCUT2D eigenvalue weighted by Crippen LogP contribution is 2.15. The molecule has 0 radical (unpaired) electrons. The number of carbonyl (C=O) groups excluding carboxylic acids is 1. The van der Waals surface area contributed by atoms with Crippen molar-refractivity contribution in [3.8, 4) is 0 Å². The van der Waals surface area contributed by atoms with Crippen molar-refractivity contribution in [1.82, 2.24) is 9.47 Å². The molecule has 1 heterocycles. The Labute approximate surface area is 190 Å². The SMILES string of the molecule is C=CCN(Cc1cccn1Cc1cccc(C)c1)C(=O)CCCCCCCCCCC. The average molecular weight is 423 g/mol. The second-order valence-electron chi connectivity index (χ2n) is 8.76. The van der Waals surface area contributed by atoms with Gasteiger partial charge in [-0.3, -0.25) is 4.79 Å². The zero-order valence-corrected chi connectivity index (χ0v) is 19.8. The van der Waals surface area contributed by atoms with Crippen molar-refractivity contribution in [3.05, 3.63) is 72.1 Å². The van der Waals surface area contributed by atoms with Crippen molar-refractivity contribution in [2.45, 2.75) is 91.1 Å². The van der Waals surface area contributed by atoms with E-state index < -0.39 is 0 Å². The second-order valence-corrected chi connectivity index (χ2v) is 8.76. The smallest absolute Gasteiger partial charge is 0.223 e. The molecule has 170 valence electrons. The number of rotatable bonds is 16. The van der Waals surface area contributed by atoms with Gasteiger partial charge in [-0.15, -0.1) is 6.58 Å². The minimum absolute atomic E-state index is 0.242. The van der Waals surface area contributed by atoms with Crippen LogP contribution in [0.3, 0.4) is 0 Å². The first-order valence-electron chi connectivity index (χ1n) is 12.2. The van der Waals surface area contributed by atoms with E-state index in [0.29, 0.717) is 19.5 Å². The fraction of sp³-hybridized carbons (Fsp3) is 0.536. The molecule has 1 aromatic carbocycles. The van der Waals surface area contributed by atoms with E-state index in [1.165, 1.54) is 61.8 Å². The number of amides is 1. The molecule has 0 spiro atoms. The van der Waals surface area contributed by atoms with Crippen molar-refractivity contribution in [2.24, 2.45) is 0 Å². The predicted molar refractivity (Wildman–Crippen MR) is 132 cm³/mol. The van der Waals surface area contributed by atoms with Crippen LogP contribution in [0.4, 0.5) is 0 Å². The first kappa shape index (κ1) is 25.0. The third kappa shape index (κ3) is 9.59. The molecule has 0 N–H and O–H groups in total. The fourth-order valence-electron chi connectivity index (χ4n) is 4.11. The summed E-state index contributed by atoms with van der Waals surface area (Å²) in [6.45, 7) is 10.3. The van der Waals surface area contributed by atoms with E-state index in [0.717, 1.165) is 19.4 Å². The average Bonchev–Trinajstić information content (AvgIpc) is 3.18. The summed E-state index contributed by atoms with van der Waals surface area (Å²) >= 11 is 0. The summed E-state index contributed by atoms with van der Waals surface area (Å²) in [5, 5.41) is 0. The van der Waals surface area contributed by atoms with Crippen LogP contribution in [0.2, 0.25) is 0 Å². The number of unbranched alkanes of at least 4 members (excludes halogenated alkanes) is 8. The van der Waals surface area contributed by atoms with Gasteiger partial charge in [0, 0.05) is 31.4 Å². The summed E-state index contributed by atoms with van der Waals surface area (Å²) in [4.78, 5) is 14.8. The van der Waals surface area contributed by atoms with Gasteiger partial charge in [-0.2, -0.15) is 0 Å². The van der Waals surface area contributed by atoms with E-state index in [1.807, 2.05) is 11.0 Å². The van der Waals surface area contributed by atoms with Gasteiger partial charge in [-0.25, -0.2) is 0 Å². The van der Waals surface area contributed by atoms with Crippen molar-refractivity contribution in [1.29, 1.82) is 0 Å². The molecule has 0 fully saturated rings. The van der Waals surface area contributed by atoms with Gasteiger partial charge in [0.15, 0.2) is 0 Å². The van der Waals surface area contributed by atoms with Crippen LogP contribution in [0.25, 0.3) is 0 Å². The van der Waals surface area contributed by atoms with Gasteiger partial charge in [-0.05, 0) is 31.0 Å². The Morgan fingerprint density at radius 2 is 1.71 bits per heavy atom. The van der Waals surface area contributed by atoms with Gasteiger partial charge >= 0.3 is 0 Å². The second kappa shape index (κ2) is 14.7. The van der Waals surface area contributed by atoms with Crippen LogP contribution in [-0.2, 0) is 17.9 Å². The summed E-state index contributed by atoms with van der Waals surface area (Å²) in [5.74, 6) is 0.242. The van der Waals surface area contributed by atoms with E-state index in [2.05, 4.69) is 67.6 Å². The lowest BCUT2D eigenvalue weighted by Crippen LogP contribution is -2.31. The fourth-order valence-corrected chi connectivity index (χ4v) is 4.11. The topological polar surface area (TPSA) is 25.2 Å². The lowest BCUT2D eigenvalue weighted by atomic mass is 10.1. The van der Waals surface area contributed by atoms with Gasteiger partial charge in [0.2, 0.25) is 5.91 Å². The standard InChI is InChI=1S/C28H42N2O/c1-4-6-7-8-9-10-11-12-13-19-28(31)30(20-5-2)24-27-18-15-21-29(27)23-26-17-14-16-25(3)22-26/h5,14-18,21-22H,2,4,6-13,19-20,23-24H2,1,3H3. The highest BCUT2D eigenvalue weighted by atomic mass is 16.2. The molecule has 0 atom stereocenters. The largest absolute Gasteiger partial charge is 0.345 e. The first-order chi connectivity index (χ1) is 15.1. The molecule has 0 saturated heterocycles. The molecule has 0 saturated carbocycles. The van der Waals surface area contributed by atoms with Crippen molar-refractivity contribution in [2.75, 3.05) is 6.54 Å². The maximum absolute atomic E-state index is 12.8. The van der Waals surface area contributed by atoms with Gasteiger partial charge in [0.1, 0.15) is 0 Å². The van der Waals surface area contributed by atoms with Gasteiger partial charge in [0.25, 0.3) is 0 Å². The summed E-state index contributed by atoms with van der Waals surface area (Å²) in [5.41, 5.74) is 3.73. The van der Waals surface area contributed by atoms with E-state index in [1.54, 1.807) is 0 Å². The molecule has 0 unspecified atom stereocenters. The van der Waals surface area contributed by atoms with Crippen LogP contribution >= 0.6 is 0 Å². The molecule has 0 aliphatic carbocycles. The molecule has 2 rings (SSSR count). The van der Waals surface area contributed by atoms with Gasteiger partial charge in [-0.1, -0.05) is 94.2 Å². The monoisotopic (exact) mass is 422 g/mol. The van der Waals surface area contributed by atoms with Gasteiger partial charge in [0.05, 0.1) is 6.54 Å². The number of hydrogen-bond acceptors (Lipinski definition) is 1. The molecular weight excluding hydrogens is 380 g/mol. The Kier molecular flexibility index (Phi) is 11.8. The molecule has 31 heavy (non-hydrogen) atoms. The maximum atomic E-state index is 12.8. The lowest BCUT2D eigenvalue weighted by molar-refractivity contribution is -0.131. The highest BCUT2D eigenvalue weighted by Gasteiger charge is 2.14. The van der Waals surface area contributed by atoms with E-state index >= 15 is 0 Å². The van der Waals surface area contributed by atoms with E-state index in [-0.39, 0.29) is 5.91 Å². The molecule has 3 heteroatoms. The molecule has 1 aromatic heterocycles. The van der Waals surface area contributed by atoms with Crippen LogP contribution in [0, 0.1) is 6.92 Å². The van der Waals surface area contributed by atoms with Crippen molar-refractivity contribution in [3.63, 3.8) is 0 Å². The number of benzene rings is 1. The van der Waals surface area contributed by atoms with Crippen molar-refractivity contribution >= 4 is 5.91 Å². The van der Waals surface area contributed by atoms with E-state index in [4.69, 9.17) is 0 Å². The van der Waals surface area contributed by atoms with Crippen molar-refractivity contribution < 1.29 is 4.79 Å². The molecule has 0 aliphatic rings. The molecule has 0 aliphatic heterocycles. The summed E-state index contributed by atoms with van der Waals surface area (Å²) in [7, 11) is 0. The van der Waals surface area contributed by atoms with Crippen LogP contribution in [0.15, 0.2) is 55.3 Å². The highest BCUT2D eigenvalue weighted by molar-refractivity contribution is 5.76. The van der Waals surface area contributed by atoms with Crippen LogP contribution in [0.5, 0.6) is 0 Å². The number of nitrogens with zero attached hydrogens (tertiary/aromatic N) is 2. The molecule has 2 aromatic rings. The van der Waals surface area contributed by atoms with Gasteiger partial charge < -0.3 is 9.47 Å². The zero-order chi connectivity index (χ0) is 22.3. The molecular formula is C28H42N2O. The quantitative estimate of drug-likeness (QED) is 0.206. The minimum Gasteiger partial charge on any atom is -0.345 e. The number of aromatic nitrogens is 1. The van der Waals surface area contributed by atoms with Crippen LogP contribution in [0.1, 0.15) is 88.0 Å². The zero-order valence-electron chi connectivity index (χ0n) is 19.8. The number of carbonyl (C=O) groups is 1. The van der Waals surface area contributed by atoms with E-state index in [9.17, 15) is 4.79 Å². The minimum atomic E-state index is 0.242. The summed E-state index contributed by atoms with van der Waals surface area (Å²) in [6, 6.07) is 12.8. The normalized spacial score (nSPS) is 10.9.